The molecule has 0 aromatic carbocycles. The molecular weight excluding hydrogens is 298 g/mol. The average Bonchev–Trinajstić information content (AvgIpc) is 2.61. The molecular formula is C15H9N5O3. The second-order valence-electron chi connectivity index (χ2n) is 4.42. The standard InChI is InChI=1S/C15H9N5O3/c21-11(9-3-1-5-16-7-9)13-18-14(20-15(23)19-13)12(22)10-4-2-6-17-8-10/h1-8H,(H,18,19,20,23). The molecule has 0 atom stereocenters. The van der Waals surface area contributed by atoms with Gasteiger partial charge in [0.05, 0.1) is 0 Å². The van der Waals surface area contributed by atoms with Gasteiger partial charge in [-0.2, -0.15) is 9.97 Å². The van der Waals surface area contributed by atoms with Crippen molar-refractivity contribution in [1.29, 1.82) is 0 Å². The van der Waals surface area contributed by atoms with Gasteiger partial charge in [0.2, 0.25) is 23.2 Å². The lowest BCUT2D eigenvalue weighted by molar-refractivity contribution is 0.102. The Morgan fingerprint density at radius 3 is 1.65 bits per heavy atom. The second-order valence-corrected chi connectivity index (χ2v) is 4.42. The molecule has 0 unspecified atom stereocenters. The normalized spacial score (nSPS) is 10.3. The van der Waals surface area contributed by atoms with E-state index < -0.39 is 17.6 Å². The first-order valence-corrected chi connectivity index (χ1v) is 6.49. The summed E-state index contributed by atoms with van der Waals surface area (Å²) < 4.78 is 0. The van der Waals surface area contributed by atoms with Crippen molar-refractivity contribution in [3.8, 4) is 6.01 Å². The predicted octanol–water partition coefficient (Wildman–Crippen LogP) is 0.829. The fourth-order valence-corrected chi connectivity index (χ4v) is 1.82. The highest BCUT2D eigenvalue weighted by molar-refractivity contribution is 6.09. The maximum absolute atomic E-state index is 12.3. The SMILES string of the molecule is O=C(c1cccnc1)c1nc(O)nc(C(=O)c2cccnc2)n1. The van der Waals surface area contributed by atoms with E-state index in [4.69, 9.17) is 0 Å². The Morgan fingerprint density at radius 1 is 0.783 bits per heavy atom. The van der Waals surface area contributed by atoms with E-state index in [1.807, 2.05) is 0 Å². The summed E-state index contributed by atoms with van der Waals surface area (Å²) in [7, 11) is 0. The molecule has 0 aliphatic carbocycles. The number of aromatic nitrogens is 5. The summed E-state index contributed by atoms with van der Waals surface area (Å²) in [6, 6.07) is 5.50. The molecule has 0 saturated heterocycles. The number of rotatable bonds is 4. The maximum Gasteiger partial charge on any atom is 0.318 e. The maximum atomic E-state index is 12.3. The van der Waals surface area contributed by atoms with Gasteiger partial charge in [0.1, 0.15) is 0 Å². The monoisotopic (exact) mass is 307 g/mol. The predicted molar refractivity (Wildman–Crippen MR) is 76.8 cm³/mol. The quantitative estimate of drug-likeness (QED) is 0.704. The molecule has 0 bridgehead atoms. The van der Waals surface area contributed by atoms with Crippen LogP contribution in [0.1, 0.15) is 32.4 Å². The molecule has 0 saturated carbocycles. The molecule has 0 radical (unpaired) electrons. The van der Waals surface area contributed by atoms with Crippen LogP contribution in [0, 0.1) is 0 Å². The summed E-state index contributed by atoms with van der Waals surface area (Å²) >= 11 is 0. The summed E-state index contributed by atoms with van der Waals surface area (Å²) in [5.74, 6) is -1.82. The molecule has 0 amide bonds. The third kappa shape index (κ3) is 3.05. The van der Waals surface area contributed by atoms with Gasteiger partial charge < -0.3 is 5.11 Å². The van der Waals surface area contributed by atoms with Gasteiger partial charge in [-0.1, -0.05) is 0 Å². The highest BCUT2D eigenvalue weighted by atomic mass is 16.3. The van der Waals surface area contributed by atoms with Gasteiger partial charge in [-0.05, 0) is 24.3 Å². The van der Waals surface area contributed by atoms with Crippen LogP contribution in [0.3, 0.4) is 0 Å². The molecule has 3 aromatic heterocycles. The minimum atomic E-state index is -0.709. The van der Waals surface area contributed by atoms with Crippen LogP contribution in [0.2, 0.25) is 0 Å². The van der Waals surface area contributed by atoms with Crippen molar-refractivity contribution >= 4 is 11.6 Å². The highest BCUT2D eigenvalue weighted by Gasteiger charge is 2.20. The van der Waals surface area contributed by atoms with Gasteiger partial charge in [0, 0.05) is 35.9 Å². The Hall–Kier alpha value is -3.55. The topological polar surface area (TPSA) is 119 Å². The van der Waals surface area contributed by atoms with Gasteiger partial charge in [-0.15, -0.1) is 0 Å². The van der Waals surface area contributed by atoms with Crippen LogP contribution in [0.4, 0.5) is 0 Å². The van der Waals surface area contributed by atoms with Crippen LogP contribution < -0.4 is 0 Å². The van der Waals surface area contributed by atoms with E-state index in [0.717, 1.165) is 0 Å². The zero-order valence-corrected chi connectivity index (χ0v) is 11.6. The van der Waals surface area contributed by atoms with Crippen LogP contribution in [0.5, 0.6) is 6.01 Å². The van der Waals surface area contributed by atoms with Gasteiger partial charge in [0.25, 0.3) is 0 Å². The lowest BCUT2D eigenvalue weighted by Gasteiger charge is -2.03. The molecule has 112 valence electrons. The molecule has 0 fully saturated rings. The molecule has 0 spiro atoms. The fraction of sp³-hybridized carbons (Fsp3) is 0. The zero-order chi connectivity index (χ0) is 16.2. The first-order valence-electron chi connectivity index (χ1n) is 6.49. The van der Waals surface area contributed by atoms with E-state index in [1.165, 1.54) is 36.9 Å². The van der Waals surface area contributed by atoms with Crippen molar-refractivity contribution < 1.29 is 14.7 Å². The van der Waals surface area contributed by atoms with E-state index in [1.54, 1.807) is 12.1 Å². The summed E-state index contributed by atoms with van der Waals surface area (Å²) in [6.45, 7) is 0. The molecule has 8 nitrogen and oxygen atoms in total. The number of carbonyl (C=O) groups excluding carboxylic acids is 2. The van der Waals surface area contributed by atoms with Crippen molar-refractivity contribution in [1.82, 2.24) is 24.9 Å². The van der Waals surface area contributed by atoms with Crippen LogP contribution in [0.25, 0.3) is 0 Å². The molecule has 0 aliphatic rings. The third-order valence-corrected chi connectivity index (χ3v) is 2.88. The zero-order valence-electron chi connectivity index (χ0n) is 11.6. The van der Waals surface area contributed by atoms with E-state index in [0.29, 0.717) is 0 Å². The van der Waals surface area contributed by atoms with E-state index in [-0.39, 0.29) is 22.8 Å². The van der Waals surface area contributed by atoms with Gasteiger partial charge in [-0.25, -0.2) is 4.98 Å². The number of ketones is 2. The second kappa shape index (κ2) is 6.06. The average molecular weight is 307 g/mol. The first kappa shape index (κ1) is 14.4. The van der Waals surface area contributed by atoms with E-state index in [9.17, 15) is 14.7 Å². The Labute approximate surface area is 129 Å². The molecule has 3 aromatic rings. The highest BCUT2D eigenvalue weighted by Crippen LogP contribution is 2.11. The molecule has 1 N–H and O–H groups in total. The number of aromatic hydroxyl groups is 1. The van der Waals surface area contributed by atoms with Crippen molar-refractivity contribution in [2.24, 2.45) is 0 Å². The largest absolute Gasteiger partial charge is 0.479 e. The lowest BCUT2D eigenvalue weighted by atomic mass is 10.1. The number of hydrogen-bond acceptors (Lipinski definition) is 8. The number of carbonyl (C=O) groups is 2. The Kier molecular flexibility index (Phi) is 3.79. The Morgan fingerprint density at radius 2 is 1.26 bits per heavy atom. The van der Waals surface area contributed by atoms with Gasteiger partial charge in [-0.3, -0.25) is 19.6 Å². The van der Waals surface area contributed by atoms with E-state index in [2.05, 4.69) is 24.9 Å². The molecule has 3 heterocycles. The smallest absolute Gasteiger partial charge is 0.318 e. The Bertz CT molecular complexity index is 799. The number of hydrogen-bond donors (Lipinski definition) is 1. The molecule has 8 heteroatoms. The van der Waals surface area contributed by atoms with E-state index >= 15 is 0 Å². The molecule has 23 heavy (non-hydrogen) atoms. The lowest BCUT2D eigenvalue weighted by Crippen LogP contribution is -2.14. The summed E-state index contributed by atoms with van der Waals surface area (Å²) in [5.41, 5.74) is 0.468. The van der Waals surface area contributed by atoms with Crippen molar-refractivity contribution in [3.05, 3.63) is 71.8 Å². The number of nitrogens with zero attached hydrogens (tertiary/aromatic N) is 5. The van der Waals surface area contributed by atoms with Crippen LogP contribution in [-0.4, -0.2) is 41.6 Å². The Balaban J connectivity index is 2.00. The molecule has 0 aliphatic heterocycles. The van der Waals surface area contributed by atoms with Gasteiger partial charge in [0.15, 0.2) is 0 Å². The number of pyridine rings is 2. The summed E-state index contributed by atoms with van der Waals surface area (Å²) in [5, 5.41) is 9.59. The van der Waals surface area contributed by atoms with Crippen molar-refractivity contribution in [2.75, 3.05) is 0 Å². The van der Waals surface area contributed by atoms with Crippen LogP contribution in [-0.2, 0) is 0 Å². The van der Waals surface area contributed by atoms with Crippen LogP contribution in [0.15, 0.2) is 49.1 Å². The van der Waals surface area contributed by atoms with Crippen molar-refractivity contribution in [3.63, 3.8) is 0 Å². The summed E-state index contributed by atoms with van der Waals surface area (Å²) in [6.07, 6.45) is 5.70. The summed E-state index contributed by atoms with van der Waals surface area (Å²) in [4.78, 5) is 43.2. The fourth-order valence-electron chi connectivity index (χ4n) is 1.82. The first-order chi connectivity index (χ1) is 11.1. The minimum Gasteiger partial charge on any atom is -0.479 e. The van der Waals surface area contributed by atoms with Crippen LogP contribution >= 0.6 is 0 Å². The minimum absolute atomic E-state index is 0.234. The van der Waals surface area contributed by atoms with Gasteiger partial charge >= 0.3 is 6.01 Å². The molecule has 3 rings (SSSR count). The van der Waals surface area contributed by atoms with Crippen molar-refractivity contribution in [2.45, 2.75) is 0 Å². The third-order valence-electron chi connectivity index (χ3n) is 2.88.